The van der Waals surface area contributed by atoms with Gasteiger partial charge in [0.2, 0.25) is 0 Å². The van der Waals surface area contributed by atoms with Crippen LogP contribution in [0.25, 0.3) is 10.9 Å². The third-order valence-corrected chi connectivity index (χ3v) is 3.60. The van der Waals surface area contributed by atoms with Gasteiger partial charge in [-0.15, -0.1) is 0 Å². The number of amides is 1. The predicted molar refractivity (Wildman–Crippen MR) is 89.5 cm³/mol. The van der Waals surface area contributed by atoms with E-state index in [-0.39, 0.29) is 5.69 Å². The van der Waals surface area contributed by atoms with E-state index in [2.05, 4.69) is 20.4 Å². The van der Waals surface area contributed by atoms with Crippen LogP contribution >= 0.6 is 0 Å². The number of nitrogens with one attached hydrogen (secondary N) is 1. The Kier molecular flexibility index (Phi) is 3.62. The summed E-state index contributed by atoms with van der Waals surface area (Å²) in [5.74, 6) is 1.12. The summed E-state index contributed by atoms with van der Waals surface area (Å²) in [4.78, 5) is 20.1. The van der Waals surface area contributed by atoms with Gasteiger partial charge in [-0.3, -0.25) is 14.5 Å². The highest BCUT2D eigenvalue weighted by molar-refractivity contribution is 6.08. The number of aromatic nitrogens is 4. The molecule has 1 aromatic carbocycles. The van der Waals surface area contributed by atoms with Gasteiger partial charge in [0, 0.05) is 13.2 Å². The van der Waals surface area contributed by atoms with Gasteiger partial charge in [-0.25, -0.2) is 4.98 Å². The number of fused-ring (bicyclic) bond motifs is 1. The zero-order chi connectivity index (χ0) is 17.2. The topological polar surface area (TPSA) is 95.1 Å². The summed E-state index contributed by atoms with van der Waals surface area (Å²) < 4.78 is 12.4. The maximum Gasteiger partial charge on any atom is 0.278 e. The van der Waals surface area contributed by atoms with Crippen molar-refractivity contribution in [1.82, 2.24) is 19.7 Å². The van der Waals surface area contributed by atoms with Gasteiger partial charge in [0.15, 0.2) is 17.9 Å². The van der Waals surface area contributed by atoms with Crippen molar-refractivity contribution in [1.29, 1.82) is 0 Å². The molecule has 0 atom stereocenters. The second-order valence-electron chi connectivity index (χ2n) is 5.24. The van der Waals surface area contributed by atoms with Crippen LogP contribution < -0.4 is 10.1 Å². The van der Waals surface area contributed by atoms with Crippen molar-refractivity contribution in [2.24, 2.45) is 7.05 Å². The standard InChI is InChI=1S/C17H13N5O3/c1-22-13-5-2-6-14(25-11-4-3-7-18-8-11)15(13)16(21-22)20-17(23)12-9-24-10-19-12/h2-10H,1H3,(H,20,21,23). The van der Waals surface area contributed by atoms with Crippen LogP contribution in [-0.4, -0.2) is 25.7 Å². The van der Waals surface area contributed by atoms with Crippen molar-refractivity contribution in [3.8, 4) is 11.5 Å². The van der Waals surface area contributed by atoms with E-state index in [9.17, 15) is 4.79 Å². The Labute approximate surface area is 142 Å². The molecule has 4 aromatic rings. The number of carbonyl (C=O) groups excluding carboxylic acids is 1. The summed E-state index contributed by atoms with van der Waals surface area (Å²) >= 11 is 0. The molecule has 8 heteroatoms. The summed E-state index contributed by atoms with van der Waals surface area (Å²) in [5, 5.41) is 7.80. The van der Waals surface area contributed by atoms with Crippen LogP contribution in [0.2, 0.25) is 0 Å². The van der Waals surface area contributed by atoms with Crippen LogP contribution in [0.5, 0.6) is 11.5 Å². The van der Waals surface area contributed by atoms with Gasteiger partial charge in [-0.2, -0.15) is 5.10 Å². The minimum Gasteiger partial charge on any atom is -0.455 e. The van der Waals surface area contributed by atoms with Crippen LogP contribution in [0, 0.1) is 0 Å². The summed E-state index contributed by atoms with van der Waals surface area (Å²) in [6.07, 6.45) is 5.75. The lowest BCUT2D eigenvalue weighted by Crippen LogP contribution is -2.13. The third kappa shape index (κ3) is 2.80. The first kappa shape index (κ1) is 14.9. The van der Waals surface area contributed by atoms with E-state index < -0.39 is 5.91 Å². The van der Waals surface area contributed by atoms with Crippen LogP contribution in [0.15, 0.2) is 59.8 Å². The number of oxazole rings is 1. The summed E-state index contributed by atoms with van der Waals surface area (Å²) in [6.45, 7) is 0. The Morgan fingerprint density at radius 3 is 2.96 bits per heavy atom. The second-order valence-corrected chi connectivity index (χ2v) is 5.24. The number of hydrogen-bond acceptors (Lipinski definition) is 6. The first-order valence-corrected chi connectivity index (χ1v) is 7.45. The quantitative estimate of drug-likeness (QED) is 0.616. The Balaban J connectivity index is 1.75. The Hall–Kier alpha value is -3.68. The Morgan fingerprint density at radius 1 is 1.28 bits per heavy atom. The molecule has 4 rings (SSSR count). The first-order chi connectivity index (χ1) is 12.2. The molecule has 3 heterocycles. The highest BCUT2D eigenvalue weighted by Gasteiger charge is 2.18. The monoisotopic (exact) mass is 335 g/mol. The Morgan fingerprint density at radius 2 is 2.20 bits per heavy atom. The molecule has 0 saturated carbocycles. The van der Waals surface area contributed by atoms with Gasteiger partial charge >= 0.3 is 0 Å². The molecule has 0 radical (unpaired) electrons. The number of carbonyl (C=O) groups is 1. The number of benzene rings is 1. The van der Waals surface area contributed by atoms with Gasteiger partial charge in [-0.05, 0) is 24.3 Å². The van der Waals surface area contributed by atoms with E-state index >= 15 is 0 Å². The molecule has 124 valence electrons. The summed E-state index contributed by atoms with van der Waals surface area (Å²) in [7, 11) is 1.79. The fourth-order valence-electron chi connectivity index (χ4n) is 2.48. The molecule has 1 N–H and O–H groups in total. The van der Waals surface area contributed by atoms with Gasteiger partial charge in [0.05, 0.1) is 17.1 Å². The van der Waals surface area contributed by atoms with Crippen LogP contribution in [0.1, 0.15) is 10.5 Å². The Bertz CT molecular complexity index is 1030. The largest absolute Gasteiger partial charge is 0.455 e. The molecule has 0 unspecified atom stereocenters. The normalized spacial score (nSPS) is 10.8. The van der Waals surface area contributed by atoms with Gasteiger partial charge in [-0.1, -0.05) is 6.07 Å². The number of rotatable bonds is 4. The zero-order valence-electron chi connectivity index (χ0n) is 13.2. The maximum atomic E-state index is 12.3. The van der Waals surface area contributed by atoms with Crippen LogP contribution in [0.3, 0.4) is 0 Å². The van der Waals surface area contributed by atoms with Crippen molar-refractivity contribution in [2.45, 2.75) is 0 Å². The van der Waals surface area contributed by atoms with Crippen LogP contribution in [-0.2, 0) is 7.05 Å². The number of nitrogens with zero attached hydrogens (tertiary/aromatic N) is 4. The van der Waals surface area contributed by atoms with Crippen molar-refractivity contribution in [2.75, 3.05) is 5.32 Å². The molecule has 0 fully saturated rings. The number of aryl methyl sites for hydroxylation is 1. The average molecular weight is 335 g/mol. The molecule has 25 heavy (non-hydrogen) atoms. The van der Waals surface area contributed by atoms with E-state index in [0.717, 1.165) is 5.52 Å². The molecule has 0 aliphatic rings. The van der Waals surface area contributed by atoms with E-state index in [0.29, 0.717) is 22.7 Å². The lowest BCUT2D eigenvalue weighted by Gasteiger charge is -2.07. The molecule has 3 aromatic heterocycles. The molecule has 0 aliphatic carbocycles. The zero-order valence-corrected chi connectivity index (χ0v) is 13.2. The summed E-state index contributed by atoms with van der Waals surface area (Å²) in [5.41, 5.74) is 0.987. The van der Waals surface area contributed by atoms with Crippen molar-refractivity contribution >= 4 is 22.6 Å². The smallest absolute Gasteiger partial charge is 0.278 e. The van der Waals surface area contributed by atoms with Gasteiger partial charge in [0.25, 0.3) is 5.91 Å². The summed E-state index contributed by atoms with van der Waals surface area (Å²) in [6, 6.07) is 9.15. The first-order valence-electron chi connectivity index (χ1n) is 7.45. The molecule has 0 saturated heterocycles. The molecule has 0 spiro atoms. The lowest BCUT2D eigenvalue weighted by atomic mass is 10.2. The molecule has 0 bridgehead atoms. The number of anilines is 1. The molecular weight excluding hydrogens is 322 g/mol. The second kappa shape index (κ2) is 6.08. The molecular formula is C17H13N5O3. The van der Waals surface area contributed by atoms with Gasteiger partial charge in [0.1, 0.15) is 17.8 Å². The fourth-order valence-corrected chi connectivity index (χ4v) is 2.48. The highest BCUT2D eigenvalue weighted by Crippen LogP contribution is 2.34. The average Bonchev–Trinajstić information content (AvgIpc) is 3.26. The SMILES string of the molecule is Cn1nc(NC(=O)c2cocn2)c2c(Oc3cccnc3)cccc21. The van der Waals surface area contributed by atoms with E-state index in [1.165, 1.54) is 12.7 Å². The molecule has 8 nitrogen and oxygen atoms in total. The minimum absolute atomic E-state index is 0.171. The lowest BCUT2D eigenvalue weighted by molar-refractivity contribution is 0.102. The minimum atomic E-state index is -0.412. The third-order valence-electron chi connectivity index (χ3n) is 3.60. The van der Waals surface area contributed by atoms with Crippen LogP contribution in [0.4, 0.5) is 5.82 Å². The van der Waals surface area contributed by atoms with E-state index in [1.54, 1.807) is 36.3 Å². The van der Waals surface area contributed by atoms with Crippen molar-refractivity contribution < 1.29 is 13.9 Å². The van der Waals surface area contributed by atoms with E-state index in [4.69, 9.17) is 9.15 Å². The fraction of sp³-hybridized carbons (Fsp3) is 0.0588. The number of pyridine rings is 1. The van der Waals surface area contributed by atoms with Gasteiger partial charge < -0.3 is 14.5 Å². The van der Waals surface area contributed by atoms with E-state index in [1.807, 2.05) is 18.2 Å². The maximum absolute atomic E-state index is 12.3. The number of ether oxygens (including phenoxy) is 1. The van der Waals surface area contributed by atoms with Crippen molar-refractivity contribution in [3.05, 3.63) is 61.1 Å². The number of hydrogen-bond donors (Lipinski definition) is 1. The molecule has 1 amide bonds. The van der Waals surface area contributed by atoms with Crippen molar-refractivity contribution in [3.63, 3.8) is 0 Å². The highest BCUT2D eigenvalue weighted by atomic mass is 16.5. The molecule has 0 aliphatic heterocycles. The predicted octanol–water partition coefficient (Wildman–Crippen LogP) is 3.00.